The SMILES string of the molecule is Cc1ccc(NC(=O)C(C)N2CCCC(CNC(=O)C3CCCN3)C2)c(F)c1.Cl. The minimum absolute atomic E-state index is 0. The van der Waals surface area contributed by atoms with Crippen LogP contribution in [0, 0.1) is 18.7 Å². The number of halogens is 2. The van der Waals surface area contributed by atoms with Crippen molar-refractivity contribution in [1.29, 1.82) is 0 Å². The lowest BCUT2D eigenvalue weighted by molar-refractivity contribution is -0.124. The molecule has 3 N–H and O–H groups in total. The van der Waals surface area contributed by atoms with Crippen LogP contribution in [0.15, 0.2) is 18.2 Å². The van der Waals surface area contributed by atoms with Crippen LogP contribution in [0.4, 0.5) is 10.1 Å². The zero-order chi connectivity index (χ0) is 20.1. The molecule has 0 spiro atoms. The molecule has 0 saturated carbocycles. The van der Waals surface area contributed by atoms with Gasteiger partial charge in [-0.15, -0.1) is 12.4 Å². The predicted octanol–water partition coefficient (Wildman–Crippen LogP) is 2.46. The van der Waals surface area contributed by atoms with Crippen molar-refractivity contribution in [3.8, 4) is 0 Å². The van der Waals surface area contributed by atoms with Gasteiger partial charge in [0, 0.05) is 13.1 Å². The van der Waals surface area contributed by atoms with Gasteiger partial charge in [0.1, 0.15) is 5.82 Å². The van der Waals surface area contributed by atoms with Crippen molar-refractivity contribution in [3.63, 3.8) is 0 Å². The lowest BCUT2D eigenvalue weighted by atomic mass is 9.96. The number of hydrogen-bond donors (Lipinski definition) is 3. The third kappa shape index (κ3) is 6.39. The number of likely N-dealkylation sites (tertiary alicyclic amines) is 1. The van der Waals surface area contributed by atoms with Crippen LogP contribution in [-0.4, -0.2) is 55.0 Å². The van der Waals surface area contributed by atoms with Crippen LogP contribution >= 0.6 is 12.4 Å². The fraction of sp³-hybridized carbons (Fsp3) is 0.619. The number of nitrogens with one attached hydrogen (secondary N) is 3. The molecule has 0 radical (unpaired) electrons. The monoisotopic (exact) mass is 426 g/mol. The summed E-state index contributed by atoms with van der Waals surface area (Å²) < 4.78 is 14.0. The van der Waals surface area contributed by atoms with Crippen molar-refractivity contribution in [2.45, 2.75) is 51.6 Å². The number of carbonyl (C=O) groups excluding carboxylic acids is 2. The number of carbonyl (C=O) groups is 2. The van der Waals surface area contributed by atoms with Gasteiger partial charge in [0.05, 0.1) is 17.8 Å². The first kappa shape index (κ1) is 23.6. The molecular formula is C21H32ClFN4O2. The summed E-state index contributed by atoms with van der Waals surface area (Å²) in [7, 11) is 0. The standard InChI is InChI=1S/C21H31FN4O2.ClH/c1-14-7-8-18(17(22)11-14)25-20(27)15(2)26-10-4-5-16(13-26)12-24-21(28)19-6-3-9-23-19;/h7-8,11,15-16,19,23H,3-6,9-10,12-13H2,1-2H3,(H,24,28)(H,25,27);1H. The number of anilines is 1. The van der Waals surface area contributed by atoms with Gasteiger partial charge in [-0.1, -0.05) is 6.07 Å². The van der Waals surface area contributed by atoms with E-state index < -0.39 is 5.82 Å². The number of aryl methyl sites for hydroxylation is 1. The van der Waals surface area contributed by atoms with E-state index in [2.05, 4.69) is 20.9 Å². The van der Waals surface area contributed by atoms with Crippen molar-refractivity contribution >= 4 is 29.9 Å². The fourth-order valence-corrected chi connectivity index (χ4v) is 4.02. The van der Waals surface area contributed by atoms with Crippen LogP contribution in [0.2, 0.25) is 0 Å². The van der Waals surface area contributed by atoms with Crippen LogP contribution in [0.3, 0.4) is 0 Å². The van der Waals surface area contributed by atoms with Crippen LogP contribution < -0.4 is 16.0 Å². The Labute approximate surface area is 178 Å². The highest BCUT2D eigenvalue weighted by molar-refractivity contribution is 5.94. The van der Waals surface area contributed by atoms with Gasteiger partial charge in [0.25, 0.3) is 0 Å². The third-order valence-corrected chi connectivity index (χ3v) is 5.80. The highest BCUT2D eigenvalue weighted by Crippen LogP contribution is 2.20. The quantitative estimate of drug-likeness (QED) is 0.653. The molecule has 0 bridgehead atoms. The number of piperidine rings is 1. The van der Waals surface area contributed by atoms with Gasteiger partial charge in [0.15, 0.2) is 0 Å². The lowest BCUT2D eigenvalue weighted by Crippen LogP contribution is -2.50. The van der Waals surface area contributed by atoms with E-state index in [1.165, 1.54) is 6.07 Å². The third-order valence-electron chi connectivity index (χ3n) is 5.80. The molecule has 1 aromatic carbocycles. The molecule has 8 heteroatoms. The molecule has 2 heterocycles. The first-order valence-electron chi connectivity index (χ1n) is 10.3. The van der Waals surface area contributed by atoms with E-state index in [-0.39, 0.29) is 42.0 Å². The first-order valence-corrected chi connectivity index (χ1v) is 10.3. The van der Waals surface area contributed by atoms with Gasteiger partial charge in [-0.05, 0) is 76.2 Å². The minimum Gasteiger partial charge on any atom is -0.354 e. The Balaban J connectivity index is 0.00000300. The average Bonchev–Trinajstić information content (AvgIpc) is 3.23. The average molecular weight is 427 g/mol. The van der Waals surface area contributed by atoms with Gasteiger partial charge in [0.2, 0.25) is 11.8 Å². The van der Waals surface area contributed by atoms with E-state index in [1.54, 1.807) is 12.1 Å². The van der Waals surface area contributed by atoms with Crippen LogP contribution in [0.5, 0.6) is 0 Å². The summed E-state index contributed by atoms with van der Waals surface area (Å²) in [5, 5.41) is 8.97. The summed E-state index contributed by atoms with van der Waals surface area (Å²) in [6, 6.07) is 4.38. The molecule has 2 aliphatic rings. The zero-order valence-electron chi connectivity index (χ0n) is 17.2. The van der Waals surface area contributed by atoms with E-state index in [1.807, 2.05) is 13.8 Å². The van der Waals surface area contributed by atoms with Gasteiger partial charge in [-0.25, -0.2) is 4.39 Å². The van der Waals surface area contributed by atoms with Crippen molar-refractivity contribution in [2.75, 3.05) is 31.5 Å². The predicted molar refractivity (Wildman–Crippen MR) is 115 cm³/mol. The van der Waals surface area contributed by atoms with Gasteiger partial charge in [-0.2, -0.15) is 0 Å². The molecule has 2 aliphatic heterocycles. The molecule has 2 saturated heterocycles. The van der Waals surface area contributed by atoms with E-state index in [9.17, 15) is 14.0 Å². The highest BCUT2D eigenvalue weighted by Gasteiger charge is 2.29. The maximum absolute atomic E-state index is 14.0. The number of rotatable bonds is 6. The molecule has 0 aromatic heterocycles. The number of amides is 2. The Morgan fingerprint density at radius 1 is 1.31 bits per heavy atom. The van der Waals surface area contributed by atoms with Crippen LogP contribution in [0.25, 0.3) is 0 Å². The topological polar surface area (TPSA) is 73.5 Å². The Hall–Kier alpha value is -1.70. The summed E-state index contributed by atoms with van der Waals surface area (Å²) in [5.74, 6) is -0.219. The molecule has 6 nitrogen and oxygen atoms in total. The largest absolute Gasteiger partial charge is 0.354 e. The molecule has 2 fully saturated rings. The normalized spacial score (nSPS) is 23.1. The Morgan fingerprint density at radius 3 is 2.79 bits per heavy atom. The Morgan fingerprint density at radius 2 is 2.10 bits per heavy atom. The molecule has 29 heavy (non-hydrogen) atoms. The molecule has 162 valence electrons. The molecular weight excluding hydrogens is 395 g/mol. The highest BCUT2D eigenvalue weighted by atomic mass is 35.5. The minimum atomic E-state index is -0.416. The molecule has 2 amide bonds. The van der Waals surface area contributed by atoms with Crippen molar-refractivity contribution in [1.82, 2.24) is 15.5 Å². The van der Waals surface area contributed by atoms with E-state index in [0.29, 0.717) is 12.5 Å². The molecule has 3 rings (SSSR count). The fourth-order valence-electron chi connectivity index (χ4n) is 4.02. The lowest BCUT2D eigenvalue weighted by Gasteiger charge is -2.36. The summed E-state index contributed by atoms with van der Waals surface area (Å²) in [6.07, 6.45) is 3.97. The first-order chi connectivity index (χ1) is 13.4. The molecule has 0 aliphatic carbocycles. The number of benzene rings is 1. The van der Waals surface area contributed by atoms with Crippen LogP contribution in [0.1, 0.15) is 38.2 Å². The smallest absolute Gasteiger partial charge is 0.241 e. The van der Waals surface area contributed by atoms with Crippen molar-refractivity contribution < 1.29 is 14.0 Å². The van der Waals surface area contributed by atoms with Gasteiger partial charge < -0.3 is 16.0 Å². The maximum atomic E-state index is 14.0. The molecule has 3 unspecified atom stereocenters. The number of hydrogen-bond acceptors (Lipinski definition) is 4. The molecule has 1 aromatic rings. The maximum Gasteiger partial charge on any atom is 0.241 e. The second-order valence-corrected chi connectivity index (χ2v) is 8.05. The van der Waals surface area contributed by atoms with Crippen molar-refractivity contribution in [3.05, 3.63) is 29.6 Å². The summed E-state index contributed by atoms with van der Waals surface area (Å²) in [6.45, 7) is 6.79. The summed E-state index contributed by atoms with van der Waals surface area (Å²) in [5.41, 5.74) is 1.03. The zero-order valence-corrected chi connectivity index (χ0v) is 18.0. The van der Waals surface area contributed by atoms with Gasteiger partial charge in [-0.3, -0.25) is 14.5 Å². The van der Waals surface area contributed by atoms with Crippen LogP contribution in [-0.2, 0) is 9.59 Å². The second-order valence-electron chi connectivity index (χ2n) is 8.05. The second kappa shape index (κ2) is 10.9. The van der Waals surface area contributed by atoms with E-state index in [0.717, 1.165) is 50.9 Å². The summed E-state index contributed by atoms with van der Waals surface area (Å²) >= 11 is 0. The number of nitrogens with zero attached hydrogens (tertiary/aromatic N) is 1. The summed E-state index contributed by atoms with van der Waals surface area (Å²) in [4.78, 5) is 26.9. The van der Waals surface area contributed by atoms with Gasteiger partial charge >= 0.3 is 0 Å². The molecule has 3 atom stereocenters. The van der Waals surface area contributed by atoms with E-state index in [4.69, 9.17) is 0 Å². The van der Waals surface area contributed by atoms with Crippen molar-refractivity contribution in [2.24, 2.45) is 5.92 Å². The Bertz CT molecular complexity index is 712. The van der Waals surface area contributed by atoms with E-state index >= 15 is 0 Å². The Kier molecular flexibility index (Phi) is 8.86.